The van der Waals surface area contributed by atoms with Gasteiger partial charge in [0.2, 0.25) is 11.8 Å². The van der Waals surface area contributed by atoms with Crippen LogP contribution >= 0.6 is 0 Å². The summed E-state index contributed by atoms with van der Waals surface area (Å²) in [5, 5.41) is 20.7. The van der Waals surface area contributed by atoms with Crippen LogP contribution in [0.4, 0.5) is 10.5 Å². The van der Waals surface area contributed by atoms with Crippen LogP contribution in [0.15, 0.2) is 127 Å². The zero-order chi connectivity index (χ0) is 47.0. The molecule has 5 aromatic carbocycles. The second kappa shape index (κ2) is 18.2. The Kier molecular flexibility index (Phi) is 12.0. The summed E-state index contributed by atoms with van der Waals surface area (Å²) in [7, 11) is 1.20. The Labute approximate surface area is 385 Å². The number of benzene rings is 5. The van der Waals surface area contributed by atoms with Gasteiger partial charge in [0, 0.05) is 5.56 Å². The van der Waals surface area contributed by atoms with Gasteiger partial charge in [0.05, 0.1) is 42.9 Å². The molecule has 0 unspecified atom stereocenters. The van der Waals surface area contributed by atoms with Gasteiger partial charge >= 0.3 is 18.0 Å². The maximum atomic E-state index is 16.2. The fourth-order valence-electron chi connectivity index (χ4n) is 10.00. The first-order chi connectivity index (χ1) is 32.5. The maximum Gasteiger partial charge on any atom is 0.329 e. The van der Waals surface area contributed by atoms with Crippen molar-refractivity contribution >= 4 is 46.5 Å². The zero-order valence-corrected chi connectivity index (χ0v) is 36.8. The fraction of sp³-hybridized carbons (Fsp3) is 0.275. The number of aromatic nitrogens is 3. The van der Waals surface area contributed by atoms with Crippen molar-refractivity contribution < 1.29 is 43.3 Å². The summed E-state index contributed by atoms with van der Waals surface area (Å²) in [6.07, 6.45) is -0.946. The normalized spacial score (nSPS) is 22.4. The predicted molar refractivity (Wildman–Crippen MR) is 244 cm³/mol. The number of imide groups is 1. The van der Waals surface area contributed by atoms with Crippen molar-refractivity contribution in [2.24, 2.45) is 17.6 Å². The quantitative estimate of drug-likeness (QED) is 0.117. The lowest BCUT2D eigenvalue weighted by molar-refractivity contribution is -0.178. The molecule has 1 aromatic heterocycles. The molecule has 4 N–H and O–H groups in total. The molecule has 4 amide bonds. The number of aliphatic hydroxyl groups excluding tert-OH is 1. The molecule has 7 atom stereocenters. The molecule has 2 fully saturated rings. The second-order valence-corrected chi connectivity index (χ2v) is 16.9. The number of morpholine rings is 1. The van der Waals surface area contributed by atoms with Crippen LogP contribution in [0.1, 0.15) is 59.9 Å². The van der Waals surface area contributed by atoms with Crippen molar-refractivity contribution in [3.8, 4) is 17.6 Å². The molecular formula is C51H47N7O9. The Morgan fingerprint density at radius 1 is 0.881 bits per heavy atom. The lowest BCUT2D eigenvalue weighted by atomic mass is 9.65. The van der Waals surface area contributed by atoms with Gasteiger partial charge in [-0.1, -0.05) is 116 Å². The van der Waals surface area contributed by atoms with Crippen LogP contribution in [-0.2, 0) is 40.6 Å². The van der Waals surface area contributed by atoms with E-state index in [0.29, 0.717) is 33.5 Å². The topological polar surface area (TPSA) is 209 Å². The summed E-state index contributed by atoms with van der Waals surface area (Å²) < 4.78 is 18.9. The first kappa shape index (κ1) is 44.3. The summed E-state index contributed by atoms with van der Waals surface area (Å²) >= 11 is 0. The number of primary amides is 1. The van der Waals surface area contributed by atoms with E-state index >= 15 is 9.59 Å². The van der Waals surface area contributed by atoms with E-state index in [9.17, 15) is 19.5 Å². The molecule has 4 heterocycles. The third kappa shape index (κ3) is 7.61. The van der Waals surface area contributed by atoms with E-state index in [1.165, 1.54) is 7.11 Å². The molecule has 9 rings (SSSR count). The smallest absolute Gasteiger partial charge is 0.329 e. The number of nitrogens with two attached hydrogens (primary N) is 1. The molecule has 0 aliphatic carbocycles. The Morgan fingerprint density at radius 3 is 2.24 bits per heavy atom. The van der Waals surface area contributed by atoms with Crippen LogP contribution in [-0.4, -0.2) is 87.2 Å². The van der Waals surface area contributed by atoms with Gasteiger partial charge in [-0.3, -0.25) is 19.3 Å². The Hall–Kier alpha value is -7.87. The summed E-state index contributed by atoms with van der Waals surface area (Å²) in [6.45, 7) is 3.37. The average Bonchev–Trinajstić information content (AvgIpc) is 3.99. The van der Waals surface area contributed by atoms with Crippen LogP contribution in [0.2, 0.25) is 0 Å². The number of hydrogen-bond donors (Lipinski definition) is 3. The van der Waals surface area contributed by atoms with E-state index in [4.69, 9.17) is 19.9 Å². The molecule has 1 spiro atoms. The molecule has 3 aliphatic rings. The number of amides is 4. The molecule has 0 radical (unpaired) electrons. The summed E-state index contributed by atoms with van der Waals surface area (Å²) in [5.41, 5.74) is 8.41. The number of aliphatic hydroxyl groups is 1. The third-order valence-electron chi connectivity index (χ3n) is 12.8. The van der Waals surface area contributed by atoms with E-state index in [2.05, 4.69) is 27.5 Å². The Bertz CT molecular complexity index is 2930. The van der Waals surface area contributed by atoms with E-state index in [1.807, 2.05) is 89.8 Å². The lowest BCUT2D eigenvalue weighted by Crippen LogP contribution is -2.57. The van der Waals surface area contributed by atoms with E-state index in [-0.39, 0.29) is 31.0 Å². The molecule has 0 saturated carbocycles. The van der Waals surface area contributed by atoms with Crippen molar-refractivity contribution in [3.05, 3.63) is 155 Å². The van der Waals surface area contributed by atoms with Gasteiger partial charge in [-0.15, -0.1) is 5.10 Å². The molecule has 16 heteroatoms. The molecule has 0 bridgehead atoms. The van der Waals surface area contributed by atoms with Crippen molar-refractivity contribution in [1.29, 1.82) is 0 Å². The highest BCUT2D eigenvalue weighted by molar-refractivity contribution is 6.25. The maximum absolute atomic E-state index is 16.2. The number of nitrogens with one attached hydrogen (secondary N) is 1. The highest BCUT2D eigenvalue weighted by Gasteiger charge is 2.75. The molecular weight excluding hydrogens is 855 g/mol. The van der Waals surface area contributed by atoms with E-state index in [0.717, 1.165) is 10.4 Å². The highest BCUT2D eigenvalue weighted by Crippen LogP contribution is 2.65. The first-order valence-electron chi connectivity index (χ1n) is 21.8. The number of methoxy groups -OCH3 is 1. The van der Waals surface area contributed by atoms with Crippen LogP contribution in [0.25, 0.3) is 11.0 Å². The number of rotatable bonds is 11. The molecule has 6 aromatic rings. The minimum absolute atomic E-state index is 0.0150. The van der Waals surface area contributed by atoms with Crippen molar-refractivity contribution in [3.63, 3.8) is 0 Å². The third-order valence-corrected chi connectivity index (χ3v) is 12.8. The number of esters is 2. The summed E-state index contributed by atoms with van der Waals surface area (Å²) in [6, 6.07) is 32.0. The number of anilines is 1. The molecule has 340 valence electrons. The van der Waals surface area contributed by atoms with Crippen LogP contribution in [0, 0.1) is 23.7 Å². The minimum Gasteiger partial charge on any atom is -0.491 e. The number of urea groups is 1. The van der Waals surface area contributed by atoms with Gasteiger partial charge in [-0.05, 0) is 70.6 Å². The molecule has 67 heavy (non-hydrogen) atoms. The number of ether oxygens (including phenoxy) is 3. The number of carbonyl (C=O) groups is 5. The van der Waals surface area contributed by atoms with Crippen molar-refractivity contribution in [2.75, 3.05) is 25.2 Å². The second-order valence-electron chi connectivity index (χ2n) is 16.9. The number of nitrogens with zero attached hydrogens (tertiary/aromatic N) is 5. The monoisotopic (exact) mass is 901 g/mol. The van der Waals surface area contributed by atoms with E-state index < -0.39 is 77.3 Å². The molecule has 2 saturated heterocycles. The number of cyclic esters (lactones) is 1. The van der Waals surface area contributed by atoms with Crippen molar-refractivity contribution in [2.45, 2.75) is 56.1 Å². The van der Waals surface area contributed by atoms with Gasteiger partial charge in [-0.2, -0.15) is 0 Å². The van der Waals surface area contributed by atoms with Gasteiger partial charge in [-0.25, -0.2) is 19.2 Å². The Morgan fingerprint density at radius 2 is 1.57 bits per heavy atom. The highest BCUT2D eigenvalue weighted by atomic mass is 16.6. The number of carbonyl (C=O) groups excluding carboxylic acids is 5. The molecule has 3 aliphatic heterocycles. The number of fused-ring (bicyclic) bond motifs is 4. The van der Waals surface area contributed by atoms with Crippen LogP contribution in [0.3, 0.4) is 0 Å². The van der Waals surface area contributed by atoms with Gasteiger partial charge in [0.25, 0.3) is 0 Å². The van der Waals surface area contributed by atoms with Gasteiger partial charge in [0.1, 0.15) is 48.0 Å². The average molecular weight is 902 g/mol. The largest absolute Gasteiger partial charge is 0.491 e. The minimum atomic E-state index is -2.12. The summed E-state index contributed by atoms with van der Waals surface area (Å²) in [4.78, 5) is 76.5. The standard InChI is InChI=1S/C51H47N7O9/c1-30(2)41(47(61)65-3)53-50(64)57-38-25-20-31(13-12-26-56-39-19-11-10-18-37(39)54-55-56)29-36(38)51(49(57)63)40(46(52)60)43-48(62)67-44(33-16-8-5-9-17-33)42(32-14-6-4-7-15-32)58(43)45(51)34-21-23-35(24-22-34)66-28-27-59/h4-11,14-25,29-30,40-45,59H,26-28H2,1-3H3,(H2,52,60)(H,53,64)/t40-,41-,42-,43-,44+,45+,51-/m0/s1. The predicted octanol–water partition coefficient (Wildman–Crippen LogP) is 4.91. The molecule has 16 nitrogen and oxygen atoms in total. The first-order valence-corrected chi connectivity index (χ1v) is 21.8. The van der Waals surface area contributed by atoms with E-state index in [1.54, 1.807) is 61.0 Å². The number of para-hydroxylation sites is 1. The van der Waals surface area contributed by atoms with Gasteiger partial charge in [0.15, 0.2) is 0 Å². The zero-order valence-electron chi connectivity index (χ0n) is 36.8. The Balaban J connectivity index is 1.30. The van der Waals surface area contributed by atoms with Crippen LogP contribution < -0.4 is 20.7 Å². The fourth-order valence-corrected chi connectivity index (χ4v) is 10.00. The summed E-state index contributed by atoms with van der Waals surface area (Å²) in [5.74, 6) is 1.25. The van der Waals surface area contributed by atoms with Crippen molar-refractivity contribution in [1.82, 2.24) is 25.2 Å². The van der Waals surface area contributed by atoms with Crippen LogP contribution in [0.5, 0.6) is 5.75 Å². The SMILES string of the molecule is COC(=O)[C@@H](NC(=O)N1C(=O)[C@@]2(c3cc(C#CCn4nnc5ccccc54)ccc31)[C@H](C(N)=O)[C@H]1C(=O)O[C@H](c3ccccc3)[C@H](c3ccccc3)N1[C@@H]2c1ccc(OCCO)cc1)C(C)C. The lowest BCUT2D eigenvalue weighted by Gasteiger charge is -2.46. The van der Waals surface area contributed by atoms with Gasteiger partial charge < -0.3 is 30.4 Å². The number of hydrogen-bond acceptors (Lipinski definition) is 12.